The smallest absolute Gasteiger partial charge is 0.268 e. The summed E-state index contributed by atoms with van der Waals surface area (Å²) >= 11 is 6.00. The number of nitrogens with one attached hydrogen (secondary N) is 1. The zero-order chi connectivity index (χ0) is 19.4. The number of carbonyl (C=O) groups is 2. The minimum atomic E-state index is -0.420. The molecule has 0 saturated heterocycles. The van der Waals surface area contributed by atoms with E-state index in [1.54, 1.807) is 28.9 Å². The molecule has 0 bridgehead atoms. The number of carbonyl (C=O) groups excluding carboxylic acids is 2. The fourth-order valence-electron chi connectivity index (χ4n) is 3.48. The molecule has 2 aliphatic rings. The van der Waals surface area contributed by atoms with Crippen molar-refractivity contribution in [1.29, 1.82) is 0 Å². The van der Waals surface area contributed by atoms with Crippen molar-refractivity contribution in [3.05, 3.63) is 82.0 Å². The maximum absolute atomic E-state index is 12.7. The normalized spacial score (nSPS) is 17.9. The van der Waals surface area contributed by atoms with E-state index in [0.717, 1.165) is 16.2 Å². The van der Waals surface area contributed by atoms with Crippen LogP contribution in [0.1, 0.15) is 39.2 Å². The Morgan fingerprint density at radius 2 is 1.64 bits per heavy atom. The Hall–Kier alpha value is -3.45. The minimum Gasteiger partial charge on any atom is -0.329 e. The van der Waals surface area contributed by atoms with Gasteiger partial charge >= 0.3 is 0 Å². The number of fused-ring (bicyclic) bond motifs is 2. The van der Waals surface area contributed by atoms with Crippen LogP contribution in [0, 0.1) is 0 Å². The van der Waals surface area contributed by atoms with E-state index in [2.05, 4.69) is 15.4 Å². The summed E-state index contributed by atoms with van der Waals surface area (Å²) in [5.74, 6) is -0.324. The molecule has 0 unspecified atom stereocenters. The Bertz CT molecular complexity index is 1130. The molecule has 0 spiro atoms. The largest absolute Gasteiger partial charge is 0.329 e. The van der Waals surface area contributed by atoms with Gasteiger partial charge in [0.05, 0.1) is 11.1 Å². The SMILES string of the molecule is CC1=C[C@@H](c2ccc(Cl)cc2)n2nc(N3C(=O)c4ccccc4C3=O)nc2N1. The van der Waals surface area contributed by atoms with Crippen molar-refractivity contribution in [3.8, 4) is 0 Å². The second-order valence-corrected chi connectivity index (χ2v) is 7.08. The van der Waals surface area contributed by atoms with Gasteiger partial charge in [-0.1, -0.05) is 35.9 Å². The number of halogens is 1. The zero-order valence-electron chi connectivity index (χ0n) is 14.8. The van der Waals surface area contributed by atoms with Crippen LogP contribution in [-0.4, -0.2) is 26.6 Å². The molecule has 1 N–H and O–H groups in total. The van der Waals surface area contributed by atoms with Crippen LogP contribution in [0.3, 0.4) is 0 Å². The molecule has 0 fully saturated rings. The first kappa shape index (κ1) is 16.7. The number of anilines is 2. The molecule has 138 valence electrons. The van der Waals surface area contributed by atoms with Crippen LogP contribution in [0.4, 0.5) is 11.9 Å². The first-order valence-corrected chi connectivity index (χ1v) is 9.06. The van der Waals surface area contributed by atoms with E-state index in [9.17, 15) is 9.59 Å². The second-order valence-electron chi connectivity index (χ2n) is 6.64. The molecule has 8 heteroatoms. The van der Waals surface area contributed by atoms with E-state index >= 15 is 0 Å². The van der Waals surface area contributed by atoms with E-state index < -0.39 is 11.8 Å². The number of rotatable bonds is 2. The average molecular weight is 392 g/mol. The molecule has 0 saturated carbocycles. The maximum atomic E-state index is 12.7. The molecule has 1 aromatic heterocycles. The van der Waals surface area contributed by atoms with Gasteiger partial charge in [-0.2, -0.15) is 4.98 Å². The van der Waals surface area contributed by atoms with Crippen LogP contribution in [0.5, 0.6) is 0 Å². The van der Waals surface area contributed by atoms with Gasteiger partial charge in [-0.05, 0) is 42.8 Å². The summed E-state index contributed by atoms with van der Waals surface area (Å²) in [6.07, 6.45) is 2.00. The first-order chi connectivity index (χ1) is 13.5. The summed E-state index contributed by atoms with van der Waals surface area (Å²) in [6.45, 7) is 1.92. The molecule has 3 heterocycles. The molecule has 3 aromatic rings. The fourth-order valence-corrected chi connectivity index (χ4v) is 3.61. The van der Waals surface area contributed by atoms with E-state index in [-0.39, 0.29) is 12.0 Å². The second kappa shape index (κ2) is 6.03. The predicted molar refractivity (Wildman–Crippen MR) is 105 cm³/mol. The summed E-state index contributed by atoms with van der Waals surface area (Å²) < 4.78 is 1.66. The van der Waals surface area contributed by atoms with Crippen molar-refractivity contribution in [1.82, 2.24) is 14.8 Å². The fraction of sp³-hybridized carbons (Fsp3) is 0.100. The van der Waals surface area contributed by atoms with Crippen molar-refractivity contribution >= 4 is 35.3 Å². The van der Waals surface area contributed by atoms with Gasteiger partial charge in [-0.15, -0.1) is 5.10 Å². The van der Waals surface area contributed by atoms with E-state index in [1.165, 1.54) is 0 Å². The van der Waals surface area contributed by atoms with Crippen LogP contribution >= 0.6 is 11.6 Å². The van der Waals surface area contributed by atoms with Crippen molar-refractivity contribution in [2.45, 2.75) is 13.0 Å². The summed E-state index contributed by atoms with van der Waals surface area (Å²) in [7, 11) is 0. The predicted octanol–water partition coefficient (Wildman–Crippen LogP) is 3.65. The Labute approximate surface area is 165 Å². The van der Waals surface area contributed by atoms with Crippen LogP contribution < -0.4 is 10.2 Å². The quantitative estimate of drug-likeness (QED) is 0.674. The molecule has 2 amide bonds. The summed E-state index contributed by atoms with van der Waals surface area (Å²) in [6, 6.07) is 13.9. The van der Waals surface area contributed by atoms with Gasteiger partial charge in [-0.3, -0.25) is 9.59 Å². The topological polar surface area (TPSA) is 80.1 Å². The minimum absolute atomic E-state index is 0.0516. The van der Waals surface area contributed by atoms with Crippen molar-refractivity contribution < 1.29 is 9.59 Å². The van der Waals surface area contributed by atoms with Crippen molar-refractivity contribution in [2.75, 3.05) is 10.2 Å². The number of nitrogens with zero attached hydrogens (tertiary/aromatic N) is 4. The van der Waals surface area contributed by atoms with Crippen LogP contribution in [0.25, 0.3) is 0 Å². The lowest BCUT2D eigenvalue weighted by Crippen LogP contribution is -2.30. The maximum Gasteiger partial charge on any atom is 0.268 e. The number of amides is 2. The number of imide groups is 1. The van der Waals surface area contributed by atoms with Gasteiger partial charge in [-0.25, -0.2) is 9.58 Å². The highest BCUT2D eigenvalue weighted by molar-refractivity contribution is 6.33. The van der Waals surface area contributed by atoms with Gasteiger partial charge in [0.2, 0.25) is 5.95 Å². The molecule has 2 aromatic carbocycles. The lowest BCUT2D eigenvalue weighted by atomic mass is 10.1. The van der Waals surface area contributed by atoms with Gasteiger partial charge in [0.15, 0.2) is 0 Å². The molecule has 1 atom stereocenters. The van der Waals surface area contributed by atoms with Gasteiger partial charge in [0, 0.05) is 10.7 Å². The zero-order valence-corrected chi connectivity index (χ0v) is 15.5. The number of hydrogen-bond donors (Lipinski definition) is 1. The third-order valence-corrected chi connectivity index (χ3v) is 5.06. The summed E-state index contributed by atoms with van der Waals surface area (Å²) in [5.41, 5.74) is 2.58. The third-order valence-electron chi connectivity index (χ3n) is 4.81. The van der Waals surface area contributed by atoms with Crippen molar-refractivity contribution in [2.24, 2.45) is 0 Å². The van der Waals surface area contributed by atoms with Crippen LogP contribution in [0.2, 0.25) is 5.02 Å². The van der Waals surface area contributed by atoms with Crippen LogP contribution in [-0.2, 0) is 0 Å². The molecule has 5 rings (SSSR count). The average Bonchev–Trinajstić information content (AvgIpc) is 3.21. The van der Waals surface area contributed by atoms with Crippen LogP contribution in [0.15, 0.2) is 60.3 Å². The van der Waals surface area contributed by atoms with Gasteiger partial charge in [0.25, 0.3) is 17.8 Å². The Kier molecular flexibility index (Phi) is 3.60. The molecule has 7 nitrogen and oxygen atoms in total. The molecule has 0 aliphatic carbocycles. The van der Waals surface area contributed by atoms with Crippen molar-refractivity contribution in [3.63, 3.8) is 0 Å². The molecule has 0 radical (unpaired) electrons. The lowest BCUT2D eigenvalue weighted by Gasteiger charge is -2.22. The summed E-state index contributed by atoms with van der Waals surface area (Å²) in [4.78, 5) is 30.9. The molecule has 2 aliphatic heterocycles. The van der Waals surface area contributed by atoms with E-state index in [0.29, 0.717) is 22.1 Å². The number of aromatic nitrogens is 3. The lowest BCUT2D eigenvalue weighted by molar-refractivity contribution is 0.0924. The van der Waals surface area contributed by atoms with E-state index in [4.69, 9.17) is 11.6 Å². The number of hydrogen-bond acceptors (Lipinski definition) is 5. The highest BCUT2D eigenvalue weighted by Crippen LogP contribution is 2.33. The summed E-state index contributed by atoms with van der Waals surface area (Å²) in [5, 5.41) is 8.26. The highest BCUT2D eigenvalue weighted by Gasteiger charge is 2.39. The van der Waals surface area contributed by atoms with Gasteiger partial charge < -0.3 is 5.32 Å². The number of benzene rings is 2. The molecular formula is C20H14ClN5O2. The molecule has 28 heavy (non-hydrogen) atoms. The first-order valence-electron chi connectivity index (χ1n) is 8.68. The molecular weight excluding hydrogens is 378 g/mol. The van der Waals surface area contributed by atoms with E-state index in [1.807, 2.05) is 37.3 Å². The Morgan fingerprint density at radius 3 is 2.29 bits per heavy atom. The standard InChI is InChI=1S/C20H14ClN5O2/c1-11-10-16(12-6-8-13(21)9-7-12)26-19(22-11)23-20(24-26)25-17(27)14-4-2-3-5-15(14)18(25)28/h2-10,16H,1H3,(H,22,23,24)/t16-/m0/s1. The Balaban J connectivity index is 1.58. The Morgan fingerprint density at radius 1 is 1.00 bits per heavy atom. The third kappa shape index (κ3) is 2.44. The monoisotopic (exact) mass is 391 g/mol. The number of allylic oxidation sites excluding steroid dienone is 2. The van der Waals surface area contributed by atoms with Gasteiger partial charge in [0.1, 0.15) is 6.04 Å². The highest BCUT2D eigenvalue weighted by atomic mass is 35.5.